The zero-order valence-electron chi connectivity index (χ0n) is 10.3. The Labute approximate surface area is 107 Å². The van der Waals surface area contributed by atoms with Crippen LogP contribution in [0.5, 0.6) is 0 Å². The van der Waals surface area contributed by atoms with E-state index in [4.69, 9.17) is 9.84 Å². The van der Waals surface area contributed by atoms with Gasteiger partial charge in [0.1, 0.15) is 0 Å². The van der Waals surface area contributed by atoms with E-state index in [2.05, 4.69) is 4.98 Å². The summed E-state index contributed by atoms with van der Waals surface area (Å²) in [7, 11) is -1.89. The van der Waals surface area contributed by atoms with Crippen molar-refractivity contribution in [2.24, 2.45) is 0 Å². The molecule has 2 heterocycles. The minimum atomic E-state index is -3.48. The lowest BCUT2D eigenvalue weighted by molar-refractivity contribution is 0.0572. The molecule has 0 amide bonds. The Balaban J connectivity index is 2.19. The molecule has 0 aliphatic carbocycles. The summed E-state index contributed by atoms with van der Waals surface area (Å²) in [6.07, 6.45) is 3.06. The molecule has 1 aliphatic rings. The predicted molar refractivity (Wildman–Crippen MR) is 65.5 cm³/mol. The molecule has 1 aromatic rings. The smallest absolute Gasteiger partial charge is 0.244 e. The van der Waals surface area contributed by atoms with Crippen molar-refractivity contribution in [3.63, 3.8) is 0 Å². The van der Waals surface area contributed by atoms with Crippen LogP contribution in [0.1, 0.15) is 18.5 Å². The highest BCUT2D eigenvalue weighted by molar-refractivity contribution is 7.89. The van der Waals surface area contributed by atoms with E-state index < -0.39 is 10.0 Å². The topological polar surface area (TPSA) is 82.6 Å². The largest absolute Gasteiger partial charge is 0.390 e. The SMILES string of the molecule is COC1CCCN(S(=O)(=O)c2c[nH]c(CO)c2)C1. The van der Waals surface area contributed by atoms with Crippen LogP contribution >= 0.6 is 0 Å². The highest BCUT2D eigenvalue weighted by Crippen LogP contribution is 2.22. The zero-order chi connectivity index (χ0) is 13.2. The maximum absolute atomic E-state index is 12.3. The summed E-state index contributed by atoms with van der Waals surface area (Å²) >= 11 is 0. The van der Waals surface area contributed by atoms with Crippen LogP contribution < -0.4 is 0 Å². The molecule has 0 spiro atoms. The normalized spacial score (nSPS) is 22.2. The van der Waals surface area contributed by atoms with E-state index in [-0.39, 0.29) is 17.6 Å². The molecule has 7 heteroatoms. The van der Waals surface area contributed by atoms with Crippen molar-refractivity contribution in [3.8, 4) is 0 Å². The van der Waals surface area contributed by atoms with Crippen LogP contribution in [-0.4, -0.2) is 49.1 Å². The summed E-state index contributed by atoms with van der Waals surface area (Å²) in [6, 6.07) is 1.46. The molecule has 102 valence electrons. The van der Waals surface area contributed by atoms with Gasteiger partial charge in [0, 0.05) is 32.1 Å². The number of aliphatic hydroxyl groups excluding tert-OH is 1. The van der Waals surface area contributed by atoms with Crippen molar-refractivity contribution in [1.82, 2.24) is 9.29 Å². The lowest BCUT2D eigenvalue weighted by atomic mass is 10.1. The first-order valence-corrected chi connectivity index (χ1v) is 7.33. The third-order valence-electron chi connectivity index (χ3n) is 3.20. The molecule has 6 nitrogen and oxygen atoms in total. The molecule has 1 unspecified atom stereocenters. The Kier molecular flexibility index (Phi) is 4.06. The number of nitrogens with zero attached hydrogens (tertiary/aromatic N) is 1. The predicted octanol–water partition coefficient (Wildman–Crippen LogP) is 0.307. The summed E-state index contributed by atoms with van der Waals surface area (Å²) in [4.78, 5) is 2.94. The van der Waals surface area contributed by atoms with Crippen molar-refractivity contribution >= 4 is 10.0 Å². The van der Waals surface area contributed by atoms with Crippen molar-refractivity contribution in [3.05, 3.63) is 18.0 Å². The molecule has 1 fully saturated rings. The van der Waals surface area contributed by atoms with Gasteiger partial charge in [-0.2, -0.15) is 4.31 Å². The van der Waals surface area contributed by atoms with Gasteiger partial charge in [-0.15, -0.1) is 0 Å². The highest BCUT2D eigenvalue weighted by Gasteiger charge is 2.30. The molecule has 1 aromatic heterocycles. The average Bonchev–Trinajstić information content (AvgIpc) is 2.88. The third-order valence-corrected chi connectivity index (χ3v) is 5.04. The van der Waals surface area contributed by atoms with Gasteiger partial charge >= 0.3 is 0 Å². The Hall–Kier alpha value is -0.890. The summed E-state index contributed by atoms with van der Waals surface area (Å²) in [5.74, 6) is 0. The lowest BCUT2D eigenvalue weighted by Crippen LogP contribution is -2.42. The zero-order valence-corrected chi connectivity index (χ0v) is 11.1. The maximum atomic E-state index is 12.3. The molecule has 0 aromatic carbocycles. The second kappa shape index (κ2) is 5.40. The number of ether oxygens (including phenoxy) is 1. The first-order valence-electron chi connectivity index (χ1n) is 5.89. The van der Waals surface area contributed by atoms with E-state index >= 15 is 0 Å². The number of sulfonamides is 1. The van der Waals surface area contributed by atoms with Gasteiger partial charge in [-0.1, -0.05) is 0 Å². The molecule has 18 heavy (non-hydrogen) atoms. The highest BCUT2D eigenvalue weighted by atomic mass is 32.2. The lowest BCUT2D eigenvalue weighted by Gasteiger charge is -2.30. The standard InChI is InChI=1S/C11H18N2O4S/c1-17-10-3-2-4-13(7-10)18(15,16)11-5-9(8-14)12-6-11/h5-6,10,12,14H,2-4,7-8H2,1H3. The fraction of sp³-hybridized carbons (Fsp3) is 0.636. The van der Waals surface area contributed by atoms with E-state index in [0.717, 1.165) is 12.8 Å². The number of hydrogen-bond acceptors (Lipinski definition) is 4. The van der Waals surface area contributed by atoms with Crippen LogP contribution in [0.15, 0.2) is 17.2 Å². The third kappa shape index (κ3) is 2.59. The molecule has 1 atom stereocenters. The Morgan fingerprint density at radius 2 is 2.39 bits per heavy atom. The summed E-state index contributed by atoms with van der Waals surface area (Å²) in [5, 5.41) is 8.95. The molecular weight excluding hydrogens is 256 g/mol. The van der Waals surface area contributed by atoms with E-state index in [0.29, 0.717) is 18.8 Å². The van der Waals surface area contributed by atoms with Crippen molar-refractivity contribution in [2.45, 2.75) is 30.4 Å². The van der Waals surface area contributed by atoms with Crippen LogP contribution in [0.25, 0.3) is 0 Å². The van der Waals surface area contributed by atoms with Crippen LogP contribution in [0.4, 0.5) is 0 Å². The van der Waals surface area contributed by atoms with E-state index in [1.54, 1.807) is 7.11 Å². The monoisotopic (exact) mass is 274 g/mol. The molecule has 0 radical (unpaired) electrons. The molecule has 2 rings (SSSR count). The number of H-pyrrole nitrogens is 1. The second-order valence-electron chi connectivity index (χ2n) is 4.38. The fourth-order valence-corrected chi connectivity index (χ4v) is 3.65. The molecule has 1 saturated heterocycles. The number of aromatic nitrogens is 1. The first kappa shape index (κ1) is 13.5. The average molecular weight is 274 g/mol. The number of methoxy groups -OCH3 is 1. The Morgan fingerprint density at radius 1 is 1.61 bits per heavy atom. The summed E-state index contributed by atoms with van der Waals surface area (Å²) in [6.45, 7) is 0.705. The van der Waals surface area contributed by atoms with E-state index in [1.807, 2.05) is 0 Å². The number of nitrogens with one attached hydrogen (secondary N) is 1. The quantitative estimate of drug-likeness (QED) is 0.827. The Morgan fingerprint density at radius 3 is 3.00 bits per heavy atom. The molecule has 0 bridgehead atoms. The number of piperidine rings is 1. The van der Waals surface area contributed by atoms with E-state index in [1.165, 1.54) is 16.6 Å². The van der Waals surface area contributed by atoms with Crippen molar-refractivity contribution < 1.29 is 18.3 Å². The van der Waals surface area contributed by atoms with Gasteiger partial charge in [-0.3, -0.25) is 0 Å². The minimum Gasteiger partial charge on any atom is -0.390 e. The van der Waals surface area contributed by atoms with Crippen LogP contribution in [0.2, 0.25) is 0 Å². The Bertz CT molecular complexity index is 497. The van der Waals surface area contributed by atoms with Crippen LogP contribution in [-0.2, 0) is 21.4 Å². The van der Waals surface area contributed by atoms with Gasteiger partial charge in [-0.25, -0.2) is 8.42 Å². The minimum absolute atomic E-state index is 0.0372. The molecular formula is C11H18N2O4S. The van der Waals surface area contributed by atoms with Gasteiger partial charge in [0.15, 0.2) is 0 Å². The number of hydrogen-bond donors (Lipinski definition) is 2. The summed E-state index contributed by atoms with van der Waals surface area (Å²) in [5.41, 5.74) is 0.494. The van der Waals surface area contributed by atoms with E-state index in [9.17, 15) is 8.42 Å². The maximum Gasteiger partial charge on any atom is 0.244 e. The second-order valence-corrected chi connectivity index (χ2v) is 6.32. The van der Waals surface area contributed by atoms with Crippen molar-refractivity contribution in [1.29, 1.82) is 0 Å². The van der Waals surface area contributed by atoms with Crippen LogP contribution in [0, 0.1) is 0 Å². The molecule has 2 N–H and O–H groups in total. The molecule has 1 aliphatic heterocycles. The fourth-order valence-electron chi connectivity index (χ4n) is 2.12. The van der Waals surface area contributed by atoms with Gasteiger partial charge < -0.3 is 14.8 Å². The van der Waals surface area contributed by atoms with Gasteiger partial charge in [0.05, 0.1) is 17.6 Å². The van der Waals surface area contributed by atoms with Gasteiger partial charge in [0.2, 0.25) is 10.0 Å². The molecule has 0 saturated carbocycles. The van der Waals surface area contributed by atoms with Crippen LogP contribution in [0.3, 0.4) is 0 Å². The van der Waals surface area contributed by atoms with Gasteiger partial charge in [-0.05, 0) is 18.9 Å². The van der Waals surface area contributed by atoms with Crippen molar-refractivity contribution in [2.75, 3.05) is 20.2 Å². The first-order chi connectivity index (χ1) is 8.57. The van der Waals surface area contributed by atoms with Gasteiger partial charge in [0.25, 0.3) is 0 Å². The summed E-state index contributed by atoms with van der Waals surface area (Å²) < 4.78 is 31.4. The number of rotatable bonds is 4. The number of aromatic amines is 1. The number of aliphatic hydroxyl groups is 1.